The highest BCUT2D eigenvalue weighted by Gasteiger charge is 2.39. The Kier molecular flexibility index (Phi) is 6.22. The van der Waals surface area contributed by atoms with Crippen molar-refractivity contribution in [3.05, 3.63) is 90.3 Å². The maximum Gasteiger partial charge on any atom is 0.237 e. The zero-order chi connectivity index (χ0) is 23.1. The molecule has 1 aliphatic carbocycles. The Labute approximate surface area is 209 Å². The van der Waals surface area contributed by atoms with Crippen LogP contribution in [0.1, 0.15) is 36.3 Å². The number of benzene rings is 3. The summed E-state index contributed by atoms with van der Waals surface area (Å²) in [5.41, 5.74) is 4.79. The van der Waals surface area contributed by atoms with Gasteiger partial charge in [0.2, 0.25) is 11.8 Å². The van der Waals surface area contributed by atoms with Crippen LogP contribution in [0.4, 0.5) is 5.82 Å². The van der Waals surface area contributed by atoms with Crippen molar-refractivity contribution in [1.29, 1.82) is 0 Å². The number of hydrogen-bond donors (Lipinski definition) is 1. The highest BCUT2D eigenvalue weighted by molar-refractivity contribution is 6.06. The van der Waals surface area contributed by atoms with Gasteiger partial charge >= 0.3 is 0 Å². The lowest BCUT2D eigenvalue weighted by Crippen LogP contribution is -2.29. The van der Waals surface area contributed by atoms with Crippen molar-refractivity contribution in [2.24, 2.45) is 0 Å². The Morgan fingerprint density at radius 3 is 2.49 bits per heavy atom. The molecule has 176 valence electrons. The molecule has 6 rings (SSSR count). The van der Waals surface area contributed by atoms with Crippen molar-refractivity contribution < 1.29 is 9.59 Å². The number of carbonyl (C=O) groups excluding carboxylic acids is 2. The van der Waals surface area contributed by atoms with Crippen LogP contribution in [-0.4, -0.2) is 32.7 Å². The summed E-state index contributed by atoms with van der Waals surface area (Å²) in [6.07, 6.45) is 4.17. The van der Waals surface area contributed by atoms with Crippen molar-refractivity contribution >= 4 is 40.9 Å². The molecule has 1 saturated heterocycles. The minimum absolute atomic E-state index is 0. The van der Waals surface area contributed by atoms with Gasteiger partial charge in [-0.2, -0.15) is 0 Å². The van der Waals surface area contributed by atoms with E-state index in [1.807, 2.05) is 60.7 Å². The number of hydrogen-bond acceptors (Lipinski definition) is 5. The minimum atomic E-state index is -0.394. The molecule has 1 N–H and O–H groups in total. The van der Waals surface area contributed by atoms with Gasteiger partial charge in [0.05, 0.1) is 18.0 Å². The lowest BCUT2D eigenvalue weighted by molar-refractivity contribution is -0.139. The molecule has 1 atom stereocenters. The molecular formula is C28H25ClN4O2. The second-order valence-electron chi connectivity index (χ2n) is 9.06. The average Bonchev–Trinajstić information content (AvgIpc) is 3.65. The highest BCUT2D eigenvalue weighted by Crippen LogP contribution is 2.33. The van der Waals surface area contributed by atoms with Crippen molar-refractivity contribution in [2.75, 3.05) is 5.32 Å². The molecule has 1 unspecified atom stereocenters. The Morgan fingerprint density at radius 2 is 1.69 bits per heavy atom. The predicted octanol–water partition coefficient (Wildman–Crippen LogP) is 5.34. The lowest BCUT2D eigenvalue weighted by atomic mass is 9.98. The second-order valence-corrected chi connectivity index (χ2v) is 9.06. The van der Waals surface area contributed by atoms with Crippen LogP contribution in [0.25, 0.3) is 22.0 Å². The summed E-state index contributed by atoms with van der Waals surface area (Å²) in [6.45, 7) is 0.278. The first-order chi connectivity index (χ1) is 16.7. The van der Waals surface area contributed by atoms with Crippen molar-refractivity contribution in [3.63, 3.8) is 0 Å². The second kappa shape index (κ2) is 9.47. The zero-order valence-corrected chi connectivity index (χ0v) is 19.9. The van der Waals surface area contributed by atoms with E-state index in [-0.39, 0.29) is 37.2 Å². The minimum Gasteiger partial charge on any atom is -0.367 e. The number of rotatable bonds is 6. The van der Waals surface area contributed by atoms with Crippen LogP contribution in [0.3, 0.4) is 0 Å². The first kappa shape index (κ1) is 23.0. The van der Waals surface area contributed by atoms with Gasteiger partial charge in [0.25, 0.3) is 0 Å². The van der Waals surface area contributed by atoms with Gasteiger partial charge in [0.1, 0.15) is 12.1 Å². The highest BCUT2D eigenvalue weighted by atomic mass is 35.5. The van der Waals surface area contributed by atoms with E-state index >= 15 is 0 Å². The van der Waals surface area contributed by atoms with Crippen LogP contribution in [0, 0.1) is 0 Å². The number of amides is 2. The third-order valence-corrected chi connectivity index (χ3v) is 6.60. The molecule has 1 aliphatic heterocycles. The smallest absolute Gasteiger partial charge is 0.237 e. The molecule has 1 aromatic heterocycles. The van der Waals surface area contributed by atoms with E-state index in [0.29, 0.717) is 6.04 Å². The van der Waals surface area contributed by atoms with E-state index in [2.05, 4.69) is 27.4 Å². The maximum absolute atomic E-state index is 13.0. The number of imide groups is 1. The molecule has 0 bridgehead atoms. The zero-order valence-electron chi connectivity index (χ0n) is 19.1. The van der Waals surface area contributed by atoms with Crippen molar-refractivity contribution in [3.8, 4) is 11.1 Å². The van der Waals surface area contributed by atoms with E-state index < -0.39 is 5.92 Å². The van der Waals surface area contributed by atoms with Gasteiger partial charge in [0, 0.05) is 17.8 Å². The molecule has 1 saturated carbocycles. The number of carbonyl (C=O) groups is 2. The largest absolute Gasteiger partial charge is 0.367 e. The number of nitrogens with zero attached hydrogens (tertiary/aromatic N) is 3. The fraction of sp³-hybridized carbons (Fsp3) is 0.214. The van der Waals surface area contributed by atoms with Gasteiger partial charge in [-0.1, -0.05) is 54.6 Å². The number of nitrogens with one attached hydrogen (secondary N) is 1. The van der Waals surface area contributed by atoms with Crippen LogP contribution in [-0.2, 0) is 16.1 Å². The summed E-state index contributed by atoms with van der Waals surface area (Å²) >= 11 is 0. The van der Waals surface area contributed by atoms with Gasteiger partial charge in [-0.15, -0.1) is 12.4 Å². The number of anilines is 1. The number of likely N-dealkylation sites (tertiary alicyclic amines) is 1. The summed E-state index contributed by atoms with van der Waals surface area (Å²) in [5.74, 6) is 0.226. The third-order valence-electron chi connectivity index (χ3n) is 6.60. The first-order valence-corrected chi connectivity index (χ1v) is 11.7. The van der Waals surface area contributed by atoms with Gasteiger partial charge in [0.15, 0.2) is 0 Å². The third kappa shape index (κ3) is 4.62. The average molecular weight is 485 g/mol. The van der Waals surface area contributed by atoms with E-state index in [1.54, 1.807) is 6.33 Å². The van der Waals surface area contributed by atoms with Crippen LogP contribution in [0.2, 0.25) is 0 Å². The normalized spacial score (nSPS) is 17.5. The monoisotopic (exact) mass is 484 g/mol. The molecule has 2 heterocycles. The molecule has 2 amide bonds. The van der Waals surface area contributed by atoms with Crippen LogP contribution >= 0.6 is 12.4 Å². The molecule has 0 spiro atoms. The number of halogens is 1. The van der Waals surface area contributed by atoms with E-state index in [0.717, 1.165) is 39.0 Å². The number of aromatic nitrogens is 2. The Hall–Kier alpha value is -3.77. The summed E-state index contributed by atoms with van der Waals surface area (Å²) in [6, 6.07) is 24.2. The summed E-state index contributed by atoms with van der Waals surface area (Å²) < 4.78 is 0. The van der Waals surface area contributed by atoms with Crippen LogP contribution in [0.15, 0.2) is 79.1 Å². The van der Waals surface area contributed by atoms with Gasteiger partial charge in [-0.25, -0.2) is 9.97 Å². The summed E-state index contributed by atoms with van der Waals surface area (Å²) in [4.78, 5) is 36.0. The Balaban J connectivity index is 0.00000253. The number of fused-ring (bicyclic) bond motifs is 1. The molecule has 4 aromatic rings. The standard InChI is InChI=1S/C28H24N4O2.ClH/c33-26-15-23(19-6-2-1-3-7-19)28(34)32(26)16-18-5-4-8-20(13-18)21-9-12-25-24(14-21)27(30-17-29-25)31-22-10-11-22;/h1-9,12-14,17,22-23H,10-11,15-16H2,(H,29,30,31);1H. The molecule has 2 fully saturated rings. The summed E-state index contributed by atoms with van der Waals surface area (Å²) in [7, 11) is 0. The van der Waals surface area contributed by atoms with E-state index in [4.69, 9.17) is 0 Å². The van der Waals surface area contributed by atoms with Crippen molar-refractivity contribution in [1.82, 2.24) is 14.9 Å². The maximum atomic E-state index is 13.0. The first-order valence-electron chi connectivity index (χ1n) is 11.7. The fourth-order valence-electron chi connectivity index (χ4n) is 4.60. The molecular weight excluding hydrogens is 460 g/mol. The quantitative estimate of drug-likeness (QED) is 0.374. The van der Waals surface area contributed by atoms with Gasteiger partial charge in [-0.3, -0.25) is 14.5 Å². The van der Waals surface area contributed by atoms with Crippen LogP contribution < -0.4 is 5.32 Å². The molecule has 3 aromatic carbocycles. The van der Waals surface area contributed by atoms with Crippen LogP contribution in [0.5, 0.6) is 0 Å². The van der Waals surface area contributed by atoms with Gasteiger partial charge in [-0.05, 0) is 53.3 Å². The van der Waals surface area contributed by atoms with Gasteiger partial charge < -0.3 is 5.32 Å². The molecule has 35 heavy (non-hydrogen) atoms. The molecule has 2 aliphatic rings. The summed E-state index contributed by atoms with van der Waals surface area (Å²) in [5, 5.41) is 4.49. The van der Waals surface area contributed by atoms with Crippen molar-refractivity contribution in [2.45, 2.75) is 37.8 Å². The topological polar surface area (TPSA) is 75.2 Å². The van der Waals surface area contributed by atoms with E-state index in [1.165, 1.54) is 17.7 Å². The fourth-order valence-corrected chi connectivity index (χ4v) is 4.60. The lowest BCUT2D eigenvalue weighted by Gasteiger charge is -2.16. The van der Waals surface area contributed by atoms with E-state index in [9.17, 15) is 9.59 Å². The predicted molar refractivity (Wildman–Crippen MR) is 138 cm³/mol. The molecule has 6 nitrogen and oxygen atoms in total. The Bertz CT molecular complexity index is 1400. The molecule has 7 heteroatoms. The molecule has 0 radical (unpaired) electrons. The Morgan fingerprint density at radius 1 is 0.886 bits per heavy atom. The SMILES string of the molecule is Cl.O=C1CC(c2ccccc2)C(=O)N1Cc1cccc(-c2ccc3ncnc(NC4CC4)c3c2)c1.